The maximum absolute atomic E-state index is 12.7. The lowest BCUT2D eigenvalue weighted by molar-refractivity contribution is 0.0663. The minimum Gasteiger partial charge on any atom is -0.368 e. The number of benzene rings is 1. The molecule has 2 aromatic rings. The summed E-state index contributed by atoms with van der Waals surface area (Å²) in [5, 5.41) is 0. The molecule has 0 atom stereocenters. The minimum atomic E-state index is 0.0943. The Bertz CT molecular complexity index is 850. The number of piperazine rings is 2. The molecule has 0 radical (unpaired) electrons. The van der Waals surface area contributed by atoms with Crippen LogP contribution >= 0.6 is 0 Å². The van der Waals surface area contributed by atoms with E-state index in [0.717, 1.165) is 58.2 Å². The molecule has 0 spiro atoms. The fraction of sp³-hybridized carbons (Fsp3) is 0.478. The molecule has 6 heteroatoms. The lowest BCUT2D eigenvalue weighted by Crippen LogP contribution is -2.47. The van der Waals surface area contributed by atoms with Gasteiger partial charge in [0.1, 0.15) is 5.82 Å². The number of pyridine rings is 1. The van der Waals surface area contributed by atoms with E-state index in [1.165, 1.54) is 16.8 Å². The first-order valence-corrected chi connectivity index (χ1v) is 10.5. The van der Waals surface area contributed by atoms with Gasteiger partial charge in [-0.1, -0.05) is 12.1 Å². The summed E-state index contributed by atoms with van der Waals surface area (Å²) < 4.78 is 0. The number of hydrogen-bond acceptors (Lipinski definition) is 5. The number of amides is 1. The molecule has 2 saturated heterocycles. The van der Waals surface area contributed by atoms with Crippen molar-refractivity contribution in [2.45, 2.75) is 13.8 Å². The molecule has 1 amide bonds. The van der Waals surface area contributed by atoms with Gasteiger partial charge in [-0.05, 0) is 50.2 Å². The Balaban J connectivity index is 1.37. The van der Waals surface area contributed by atoms with Crippen molar-refractivity contribution in [1.82, 2.24) is 14.8 Å². The average Bonchev–Trinajstić information content (AvgIpc) is 2.76. The molecule has 154 valence electrons. The lowest BCUT2D eigenvalue weighted by Gasteiger charge is -2.37. The number of carbonyl (C=O) groups is 1. The van der Waals surface area contributed by atoms with Gasteiger partial charge in [0.25, 0.3) is 5.91 Å². The van der Waals surface area contributed by atoms with E-state index >= 15 is 0 Å². The topological polar surface area (TPSA) is 42.9 Å². The van der Waals surface area contributed by atoms with Crippen LogP contribution in [0.15, 0.2) is 36.5 Å². The molecule has 1 aromatic heterocycles. The van der Waals surface area contributed by atoms with E-state index < -0.39 is 0 Å². The molecular formula is C23H31N5O. The molecule has 1 aromatic carbocycles. The summed E-state index contributed by atoms with van der Waals surface area (Å²) in [5.41, 5.74) is 4.73. The molecule has 29 heavy (non-hydrogen) atoms. The van der Waals surface area contributed by atoms with Gasteiger partial charge in [-0.2, -0.15) is 0 Å². The maximum Gasteiger partial charge on any atom is 0.255 e. The van der Waals surface area contributed by atoms with E-state index in [-0.39, 0.29) is 5.91 Å². The molecule has 0 bridgehead atoms. The van der Waals surface area contributed by atoms with Crippen LogP contribution in [-0.2, 0) is 0 Å². The Morgan fingerprint density at radius 2 is 1.55 bits per heavy atom. The standard InChI is InChI=1S/C23H31N5O/c1-18-5-4-6-21(19(18)2)26-13-15-27(16-14-26)22-8-7-20(17-24-22)23(29)28-11-9-25(3)10-12-28/h4-8,17H,9-16H2,1-3H3. The summed E-state index contributed by atoms with van der Waals surface area (Å²) >= 11 is 0. The third-order valence-electron chi connectivity index (χ3n) is 6.31. The molecule has 0 unspecified atom stereocenters. The molecule has 2 aliphatic heterocycles. The summed E-state index contributed by atoms with van der Waals surface area (Å²) in [6, 6.07) is 10.5. The first kappa shape index (κ1) is 19.7. The van der Waals surface area contributed by atoms with Crippen LogP contribution in [0.1, 0.15) is 21.5 Å². The smallest absolute Gasteiger partial charge is 0.255 e. The summed E-state index contributed by atoms with van der Waals surface area (Å²) in [6.45, 7) is 11.7. The van der Waals surface area contributed by atoms with Crippen molar-refractivity contribution in [1.29, 1.82) is 0 Å². The van der Waals surface area contributed by atoms with E-state index in [1.54, 1.807) is 6.20 Å². The van der Waals surface area contributed by atoms with Crippen LogP contribution in [0.3, 0.4) is 0 Å². The summed E-state index contributed by atoms with van der Waals surface area (Å²) in [6.07, 6.45) is 1.74. The molecule has 2 aliphatic rings. The van der Waals surface area contributed by atoms with Crippen molar-refractivity contribution in [2.24, 2.45) is 0 Å². The van der Waals surface area contributed by atoms with E-state index in [9.17, 15) is 4.79 Å². The Morgan fingerprint density at radius 1 is 0.862 bits per heavy atom. The number of aryl methyl sites for hydroxylation is 1. The predicted octanol–water partition coefficient (Wildman–Crippen LogP) is 2.41. The molecule has 4 rings (SSSR count). The van der Waals surface area contributed by atoms with Gasteiger partial charge in [0.05, 0.1) is 5.56 Å². The third-order valence-corrected chi connectivity index (χ3v) is 6.31. The molecule has 0 N–H and O–H groups in total. The average molecular weight is 394 g/mol. The van der Waals surface area contributed by atoms with Gasteiger partial charge in [-0.25, -0.2) is 4.98 Å². The first-order valence-electron chi connectivity index (χ1n) is 10.5. The van der Waals surface area contributed by atoms with Crippen LogP contribution in [0, 0.1) is 13.8 Å². The zero-order valence-electron chi connectivity index (χ0n) is 17.8. The Morgan fingerprint density at radius 3 is 2.21 bits per heavy atom. The Hall–Kier alpha value is -2.60. The largest absolute Gasteiger partial charge is 0.368 e. The van der Waals surface area contributed by atoms with Crippen LogP contribution in [0.25, 0.3) is 0 Å². The molecule has 0 aliphatic carbocycles. The van der Waals surface area contributed by atoms with Gasteiger partial charge in [-0.3, -0.25) is 4.79 Å². The molecular weight excluding hydrogens is 362 g/mol. The van der Waals surface area contributed by atoms with Crippen LogP contribution < -0.4 is 9.80 Å². The van der Waals surface area contributed by atoms with E-state index in [1.807, 2.05) is 17.0 Å². The fourth-order valence-electron chi connectivity index (χ4n) is 4.15. The van der Waals surface area contributed by atoms with Gasteiger partial charge in [-0.15, -0.1) is 0 Å². The molecule has 0 saturated carbocycles. The maximum atomic E-state index is 12.7. The first-order chi connectivity index (χ1) is 14.0. The third kappa shape index (κ3) is 4.22. The van der Waals surface area contributed by atoms with Gasteiger partial charge >= 0.3 is 0 Å². The number of aromatic nitrogens is 1. The van der Waals surface area contributed by atoms with Crippen molar-refractivity contribution < 1.29 is 4.79 Å². The highest BCUT2D eigenvalue weighted by molar-refractivity contribution is 5.94. The molecule has 3 heterocycles. The normalized spacial score (nSPS) is 18.2. The predicted molar refractivity (Wildman–Crippen MR) is 118 cm³/mol. The van der Waals surface area contributed by atoms with Gasteiger partial charge in [0, 0.05) is 64.2 Å². The highest BCUT2D eigenvalue weighted by atomic mass is 16.2. The van der Waals surface area contributed by atoms with Crippen LogP contribution in [-0.4, -0.2) is 80.1 Å². The number of anilines is 2. The Kier molecular flexibility index (Phi) is 5.72. The van der Waals surface area contributed by atoms with Crippen molar-refractivity contribution >= 4 is 17.4 Å². The number of hydrogen-bond donors (Lipinski definition) is 0. The lowest BCUT2D eigenvalue weighted by atomic mass is 10.1. The number of rotatable bonds is 3. The van der Waals surface area contributed by atoms with Gasteiger partial charge in [0.2, 0.25) is 0 Å². The summed E-state index contributed by atoms with van der Waals surface area (Å²) in [4.78, 5) is 26.3. The van der Waals surface area contributed by atoms with Gasteiger partial charge < -0.3 is 19.6 Å². The second kappa shape index (κ2) is 8.41. The second-order valence-corrected chi connectivity index (χ2v) is 8.19. The fourth-order valence-corrected chi connectivity index (χ4v) is 4.15. The van der Waals surface area contributed by atoms with E-state index in [0.29, 0.717) is 5.56 Å². The SMILES string of the molecule is Cc1cccc(N2CCN(c3ccc(C(=O)N4CCN(C)CC4)cn3)CC2)c1C. The zero-order chi connectivity index (χ0) is 20.4. The van der Waals surface area contributed by atoms with Crippen molar-refractivity contribution in [3.05, 3.63) is 53.2 Å². The van der Waals surface area contributed by atoms with Gasteiger partial charge in [0.15, 0.2) is 0 Å². The highest BCUT2D eigenvalue weighted by Gasteiger charge is 2.22. The van der Waals surface area contributed by atoms with E-state index in [4.69, 9.17) is 0 Å². The molecule has 2 fully saturated rings. The minimum absolute atomic E-state index is 0.0943. The number of likely N-dealkylation sites (N-methyl/N-ethyl adjacent to an activating group) is 1. The second-order valence-electron chi connectivity index (χ2n) is 8.19. The van der Waals surface area contributed by atoms with Crippen LogP contribution in [0.4, 0.5) is 11.5 Å². The summed E-state index contributed by atoms with van der Waals surface area (Å²) in [5.74, 6) is 1.05. The van der Waals surface area contributed by atoms with Crippen LogP contribution in [0.2, 0.25) is 0 Å². The number of carbonyl (C=O) groups excluding carboxylic acids is 1. The highest BCUT2D eigenvalue weighted by Crippen LogP contribution is 2.25. The number of nitrogens with zero attached hydrogens (tertiary/aromatic N) is 5. The summed E-state index contributed by atoms with van der Waals surface area (Å²) in [7, 11) is 2.10. The van der Waals surface area contributed by atoms with Crippen molar-refractivity contribution in [3.63, 3.8) is 0 Å². The van der Waals surface area contributed by atoms with E-state index in [2.05, 4.69) is 58.8 Å². The zero-order valence-corrected chi connectivity index (χ0v) is 17.8. The van der Waals surface area contributed by atoms with Crippen LogP contribution in [0.5, 0.6) is 0 Å². The monoisotopic (exact) mass is 393 g/mol. The molecule has 6 nitrogen and oxygen atoms in total. The van der Waals surface area contributed by atoms with Crippen molar-refractivity contribution in [3.8, 4) is 0 Å². The van der Waals surface area contributed by atoms with Crippen molar-refractivity contribution in [2.75, 3.05) is 69.2 Å². The Labute approximate surface area is 173 Å². The quantitative estimate of drug-likeness (QED) is 0.801.